The van der Waals surface area contributed by atoms with E-state index in [1.807, 2.05) is 13.8 Å². The van der Waals surface area contributed by atoms with Crippen molar-refractivity contribution in [3.63, 3.8) is 0 Å². The fourth-order valence-electron chi connectivity index (χ4n) is 4.31. The zero-order chi connectivity index (χ0) is 27.2. The van der Waals surface area contributed by atoms with E-state index in [1.165, 1.54) is 63.5 Å². The van der Waals surface area contributed by atoms with E-state index in [-0.39, 0.29) is 17.4 Å². The molecule has 6 nitrogen and oxygen atoms in total. The summed E-state index contributed by atoms with van der Waals surface area (Å²) in [6.07, 6.45) is 2.79. The Kier molecular flexibility index (Phi) is 9.10. The normalized spacial score (nSPS) is 15.2. The lowest BCUT2D eigenvalue weighted by Gasteiger charge is -2.28. The lowest BCUT2D eigenvalue weighted by molar-refractivity contribution is -0.274. The van der Waals surface area contributed by atoms with Crippen molar-refractivity contribution in [2.75, 3.05) is 7.11 Å². The van der Waals surface area contributed by atoms with E-state index >= 15 is 0 Å². The lowest BCUT2D eigenvalue weighted by atomic mass is 9.78. The number of ether oxygens (including phenoxy) is 3. The summed E-state index contributed by atoms with van der Waals surface area (Å²) in [4.78, 5) is 19.7. The molecule has 1 heterocycles. The van der Waals surface area contributed by atoms with E-state index < -0.39 is 12.3 Å². The molecule has 3 aromatic rings. The minimum absolute atomic E-state index is 0.147. The molecule has 1 saturated carbocycles. The Morgan fingerprint density at radius 2 is 1.73 bits per heavy atom. The first-order valence-electron chi connectivity index (χ1n) is 12.5. The number of esters is 1. The highest BCUT2D eigenvalue weighted by atomic mass is 19.4. The summed E-state index contributed by atoms with van der Waals surface area (Å²) < 4.78 is 51.1. The molecule has 202 valence electrons. The van der Waals surface area contributed by atoms with Crippen LogP contribution in [0, 0.1) is 5.41 Å². The summed E-state index contributed by atoms with van der Waals surface area (Å²) in [7, 11) is 1.29. The summed E-state index contributed by atoms with van der Waals surface area (Å²) in [5, 5.41) is 0. The van der Waals surface area contributed by atoms with E-state index in [4.69, 9.17) is 9.47 Å². The van der Waals surface area contributed by atoms with Gasteiger partial charge < -0.3 is 19.2 Å². The molecule has 9 heteroatoms. The number of H-pyrrole nitrogens is 1. The van der Waals surface area contributed by atoms with Crippen LogP contribution in [0.25, 0.3) is 11.0 Å². The van der Waals surface area contributed by atoms with Crippen molar-refractivity contribution in [1.29, 1.82) is 0 Å². The minimum Gasteiger partial charge on any atom is -0.490 e. The van der Waals surface area contributed by atoms with Crippen LogP contribution in [-0.2, 0) is 11.2 Å². The third kappa shape index (κ3) is 8.68. The van der Waals surface area contributed by atoms with Gasteiger partial charge in [0.05, 0.1) is 24.2 Å². The van der Waals surface area contributed by atoms with Gasteiger partial charge in [0.2, 0.25) is 0 Å². The summed E-state index contributed by atoms with van der Waals surface area (Å²) in [6, 6.07) is 8.81. The predicted octanol–water partition coefficient (Wildman–Crippen LogP) is 7.60. The molecular weight excluding hydrogens is 485 g/mol. The highest BCUT2D eigenvalue weighted by molar-refractivity contribution is 5.97. The number of nitrogens with one attached hydrogen (secondary N) is 1. The van der Waals surface area contributed by atoms with Crippen molar-refractivity contribution in [1.82, 2.24) is 9.97 Å². The lowest BCUT2D eigenvalue weighted by Crippen LogP contribution is -2.17. The molecule has 1 aliphatic rings. The van der Waals surface area contributed by atoms with Crippen molar-refractivity contribution in [3.05, 3.63) is 53.3 Å². The van der Waals surface area contributed by atoms with Gasteiger partial charge in [0.15, 0.2) is 0 Å². The number of fused-ring (bicyclic) bond motifs is 1. The molecule has 1 aromatic heterocycles. The summed E-state index contributed by atoms with van der Waals surface area (Å²) >= 11 is 0. The van der Waals surface area contributed by atoms with Crippen LogP contribution in [0.15, 0.2) is 36.4 Å². The van der Waals surface area contributed by atoms with Crippen LogP contribution in [0.2, 0.25) is 0 Å². The molecule has 1 aliphatic carbocycles. The third-order valence-electron chi connectivity index (χ3n) is 6.14. The molecule has 0 unspecified atom stereocenters. The fourth-order valence-corrected chi connectivity index (χ4v) is 4.31. The second kappa shape index (κ2) is 11.9. The highest BCUT2D eigenvalue weighted by Crippen LogP contribution is 2.34. The molecule has 0 amide bonds. The number of alkyl halides is 3. The molecule has 37 heavy (non-hydrogen) atoms. The average Bonchev–Trinajstić information content (AvgIpc) is 3.19. The zero-order valence-corrected chi connectivity index (χ0v) is 22.0. The van der Waals surface area contributed by atoms with Crippen LogP contribution in [0.4, 0.5) is 13.2 Å². The number of hydrogen-bond donors (Lipinski definition) is 1. The van der Waals surface area contributed by atoms with Gasteiger partial charge >= 0.3 is 12.3 Å². The number of nitrogens with zero attached hydrogens (tertiary/aromatic N) is 1. The molecule has 0 radical (unpaired) electrons. The SMILES string of the molecule is CC1(C)CCCCC1.COC(=O)c1cc2[nH]c(Cc3ccc(OC(F)(F)F)cc3)nc2cc1OC(C)C. The quantitative estimate of drug-likeness (QED) is 0.339. The Morgan fingerprint density at radius 1 is 1.08 bits per heavy atom. The molecule has 0 atom stereocenters. The highest BCUT2D eigenvalue weighted by Gasteiger charge is 2.31. The van der Waals surface area contributed by atoms with E-state index in [0.717, 1.165) is 5.56 Å². The van der Waals surface area contributed by atoms with Crippen molar-refractivity contribution in [2.24, 2.45) is 5.41 Å². The molecule has 0 saturated heterocycles. The Morgan fingerprint density at radius 3 is 2.24 bits per heavy atom. The van der Waals surface area contributed by atoms with E-state index in [2.05, 4.69) is 28.6 Å². The molecule has 0 aliphatic heterocycles. The zero-order valence-electron chi connectivity index (χ0n) is 22.0. The van der Waals surface area contributed by atoms with E-state index in [9.17, 15) is 18.0 Å². The van der Waals surface area contributed by atoms with Crippen molar-refractivity contribution >= 4 is 17.0 Å². The number of methoxy groups -OCH3 is 1. The van der Waals surface area contributed by atoms with Crippen LogP contribution in [0.3, 0.4) is 0 Å². The Balaban J connectivity index is 0.000000405. The van der Waals surface area contributed by atoms with Gasteiger partial charge in [-0.25, -0.2) is 9.78 Å². The van der Waals surface area contributed by atoms with Gasteiger partial charge in [0, 0.05) is 12.5 Å². The fraction of sp³-hybridized carbons (Fsp3) is 0.500. The third-order valence-corrected chi connectivity index (χ3v) is 6.14. The summed E-state index contributed by atoms with van der Waals surface area (Å²) in [5.74, 6) is 0.135. The molecule has 1 fully saturated rings. The second-order valence-corrected chi connectivity index (χ2v) is 10.3. The maximum Gasteiger partial charge on any atom is 0.573 e. The van der Waals surface area contributed by atoms with E-state index in [0.29, 0.717) is 34.4 Å². The number of imidazole rings is 1. The maximum absolute atomic E-state index is 12.3. The molecule has 0 spiro atoms. The number of benzene rings is 2. The first kappa shape index (κ1) is 28.3. The van der Waals surface area contributed by atoms with Crippen molar-refractivity contribution in [3.8, 4) is 11.5 Å². The van der Waals surface area contributed by atoms with Gasteiger partial charge in [-0.2, -0.15) is 0 Å². The Hall–Kier alpha value is -3.23. The van der Waals surface area contributed by atoms with Crippen molar-refractivity contribution < 1.29 is 32.2 Å². The van der Waals surface area contributed by atoms with Gasteiger partial charge in [-0.3, -0.25) is 0 Å². The molecular formula is C28H35F3N2O4. The van der Waals surface area contributed by atoms with Crippen LogP contribution >= 0.6 is 0 Å². The van der Waals surface area contributed by atoms with Crippen LogP contribution in [0.5, 0.6) is 11.5 Å². The van der Waals surface area contributed by atoms with Crippen LogP contribution in [0.1, 0.15) is 81.5 Å². The van der Waals surface area contributed by atoms with Crippen molar-refractivity contribution in [2.45, 2.75) is 78.7 Å². The van der Waals surface area contributed by atoms with Gasteiger partial charge in [-0.15, -0.1) is 13.2 Å². The summed E-state index contributed by atoms with van der Waals surface area (Å²) in [5.41, 5.74) is 2.91. The first-order chi connectivity index (χ1) is 17.3. The minimum atomic E-state index is -4.73. The van der Waals surface area contributed by atoms with Gasteiger partial charge in [0.1, 0.15) is 22.9 Å². The first-order valence-corrected chi connectivity index (χ1v) is 12.5. The molecule has 1 N–H and O–H groups in total. The predicted molar refractivity (Wildman–Crippen MR) is 136 cm³/mol. The molecule has 0 bridgehead atoms. The Bertz CT molecular complexity index is 1180. The topological polar surface area (TPSA) is 73.4 Å². The Labute approximate surface area is 215 Å². The number of rotatable bonds is 6. The average molecular weight is 521 g/mol. The van der Waals surface area contributed by atoms with Crippen LogP contribution in [-0.4, -0.2) is 35.5 Å². The number of carbonyl (C=O) groups is 1. The number of halogens is 3. The number of aromatic nitrogens is 2. The second-order valence-electron chi connectivity index (χ2n) is 10.3. The molecule has 4 rings (SSSR count). The van der Waals surface area contributed by atoms with E-state index in [1.54, 1.807) is 12.1 Å². The van der Waals surface area contributed by atoms with Crippen LogP contribution < -0.4 is 9.47 Å². The number of hydrogen-bond acceptors (Lipinski definition) is 5. The standard InChI is InChI=1S/C20H19F3N2O4.C8H16/c1-11(2)28-17-10-16-15(9-14(17)19(26)27-3)24-18(25-16)8-12-4-6-13(7-5-12)29-20(21,22)23;1-8(2)6-4-3-5-7-8/h4-7,9-11H,8H2,1-3H3,(H,24,25);3-7H2,1-2H3. The van der Waals surface area contributed by atoms with Gasteiger partial charge in [-0.05, 0) is 55.9 Å². The monoisotopic (exact) mass is 520 g/mol. The summed E-state index contributed by atoms with van der Waals surface area (Å²) in [6.45, 7) is 8.44. The number of carbonyl (C=O) groups excluding carboxylic acids is 1. The molecule has 2 aromatic carbocycles. The smallest absolute Gasteiger partial charge is 0.490 e. The number of aromatic amines is 1. The van der Waals surface area contributed by atoms with Gasteiger partial charge in [0.25, 0.3) is 0 Å². The largest absolute Gasteiger partial charge is 0.573 e. The maximum atomic E-state index is 12.3. The van der Waals surface area contributed by atoms with Gasteiger partial charge in [-0.1, -0.05) is 45.2 Å².